The summed E-state index contributed by atoms with van der Waals surface area (Å²) in [6.07, 6.45) is 2.07. The molecule has 70 valence electrons. The van der Waals surface area contributed by atoms with Crippen molar-refractivity contribution >= 4 is 11.9 Å². The molecular formula is C8H10N2O3. The number of carbonyl (C=O) groups excluding carboxylic acids is 1. The van der Waals surface area contributed by atoms with Gasteiger partial charge in [-0.15, -0.1) is 0 Å². The van der Waals surface area contributed by atoms with Crippen molar-refractivity contribution in [2.24, 2.45) is 0 Å². The summed E-state index contributed by atoms with van der Waals surface area (Å²) < 4.78 is 9.30. The lowest BCUT2D eigenvalue weighted by atomic mass is 10.1. The normalized spacial score (nSPS) is 15.8. The Morgan fingerprint density at radius 2 is 2.38 bits per heavy atom. The molecule has 0 unspecified atom stereocenters. The van der Waals surface area contributed by atoms with Crippen molar-refractivity contribution in [3.63, 3.8) is 0 Å². The van der Waals surface area contributed by atoms with Crippen molar-refractivity contribution in [3.05, 3.63) is 11.3 Å². The van der Waals surface area contributed by atoms with E-state index in [0.717, 1.165) is 12.8 Å². The van der Waals surface area contributed by atoms with E-state index >= 15 is 0 Å². The van der Waals surface area contributed by atoms with Crippen LogP contribution in [0, 0.1) is 0 Å². The van der Waals surface area contributed by atoms with Gasteiger partial charge in [0.1, 0.15) is 0 Å². The highest BCUT2D eigenvalue weighted by Crippen LogP contribution is 2.44. The highest BCUT2D eigenvalue weighted by atomic mass is 16.5. The lowest BCUT2D eigenvalue weighted by molar-refractivity contribution is 0.0588. The van der Waals surface area contributed by atoms with Gasteiger partial charge in [0, 0.05) is 0 Å². The van der Waals surface area contributed by atoms with E-state index in [1.54, 1.807) is 0 Å². The van der Waals surface area contributed by atoms with E-state index in [2.05, 4.69) is 9.89 Å². The number of hydrogen-bond donors (Lipinski definition) is 1. The molecule has 1 aliphatic rings. The van der Waals surface area contributed by atoms with E-state index in [4.69, 9.17) is 10.3 Å². The van der Waals surface area contributed by atoms with Crippen molar-refractivity contribution in [1.82, 2.24) is 5.16 Å². The second-order valence-electron chi connectivity index (χ2n) is 3.07. The van der Waals surface area contributed by atoms with Crippen molar-refractivity contribution in [1.29, 1.82) is 0 Å². The van der Waals surface area contributed by atoms with Gasteiger partial charge in [0.25, 0.3) is 0 Å². The Kier molecular flexibility index (Phi) is 1.72. The molecule has 2 N–H and O–H groups in total. The van der Waals surface area contributed by atoms with Gasteiger partial charge >= 0.3 is 5.97 Å². The first-order valence-corrected chi connectivity index (χ1v) is 4.07. The summed E-state index contributed by atoms with van der Waals surface area (Å²) >= 11 is 0. The smallest absolute Gasteiger partial charge is 0.360 e. The quantitative estimate of drug-likeness (QED) is 0.688. The summed E-state index contributed by atoms with van der Waals surface area (Å²) in [5.41, 5.74) is 6.48. The van der Waals surface area contributed by atoms with Gasteiger partial charge in [0.2, 0.25) is 5.88 Å². The molecule has 2 rings (SSSR count). The predicted molar refractivity (Wildman–Crippen MR) is 44.2 cm³/mol. The molecule has 1 aliphatic carbocycles. The number of aromatic nitrogens is 1. The molecule has 0 aromatic carbocycles. The second kappa shape index (κ2) is 2.76. The van der Waals surface area contributed by atoms with Crippen LogP contribution in [0.5, 0.6) is 0 Å². The van der Waals surface area contributed by atoms with Crippen molar-refractivity contribution in [3.8, 4) is 0 Å². The third kappa shape index (κ3) is 1.26. The van der Waals surface area contributed by atoms with Crippen LogP contribution < -0.4 is 5.73 Å². The van der Waals surface area contributed by atoms with Crippen LogP contribution >= 0.6 is 0 Å². The van der Waals surface area contributed by atoms with Gasteiger partial charge in [-0.1, -0.05) is 5.16 Å². The fourth-order valence-electron chi connectivity index (χ4n) is 1.32. The molecule has 0 saturated heterocycles. The van der Waals surface area contributed by atoms with Crippen LogP contribution in [0.15, 0.2) is 4.52 Å². The highest BCUT2D eigenvalue weighted by Gasteiger charge is 2.34. The Morgan fingerprint density at radius 3 is 2.92 bits per heavy atom. The van der Waals surface area contributed by atoms with Crippen LogP contribution in [0.2, 0.25) is 0 Å². The van der Waals surface area contributed by atoms with Crippen LogP contribution in [0.25, 0.3) is 0 Å². The number of carbonyl (C=O) groups is 1. The Balaban J connectivity index is 2.39. The number of nitrogens with zero attached hydrogens (tertiary/aromatic N) is 1. The summed E-state index contributed by atoms with van der Waals surface area (Å²) in [7, 11) is 1.31. The molecule has 1 heterocycles. The third-order valence-electron chi connectivity index (χ3n) is 2.12. The number of nitrogen functional groups attached to an aromatic ring is 1. The maximum Gasteiger partial charge on any atom is 0.360 e. The average Bonchev–Trinajstić information content (AvgIpc) is 2.89. The first-order chi connectivity index (χ1) is 6.24. The van der Waals surface area contributed by atoms with Crippen molar-refractivity contribution in [2.45, 2.75) is 18.8 Å². The summed E-state index contributed by atoms with van der Waals surface area (Å²) in [5.74, 6) is 0.0885. The summed E-state index contributed by atoms with van der Waals surface area (Å²) in [4.78, 5) is 11.2. The molecule has 1 aromatic heterocycles. The van der Waals surface area contributed by atoms with Gasteiger partial charge in [-0.25, -0.2) is 4.79 Å². The standard InChI is InChI=1S/C8H10N2O3/c1-12-8(11)6-5(4-2-3-4)7(9)13-10-6/h4H,2-3,9H2,1H3. The zero-order valence-corrected chi connectivity index (χ0v) is 7.24. The number of nitrogens with two attached hydrogens (primary N) is 1. The van der Waals surface area contributed by atoms with E-state index in [0.29, 0.717) is 11.5 Å². The van der Waals surface area contributed by atoms with E-state index < -0.39 is 5.97 Å². The minimum atomic E-state index is -0.484. The van der Waals surface area contributed by atoms with Gasteiger partial charge < -0.3 is 15.0 Å². The third-order valence-corrected chi connectivity index (χ3v) is 2.12. The molecule has 13 heavy (non-hydrogen) atoms. The Labute approximate surface area is 74.8 Å². The molecule has 0 spiro atoms. The van der Waals surface area contributed by atoms with Gasteiger partial charge in [0.05, 0.1) is 12.7 Å². The molecule has 1 fully saturated rings. The molecule has 0 amide bonds. The topological polar surface area (TPSA) is 78.3 Å². The lowest BCUT2D eigenvalue weighted by Gasteiger charge is -1.96. The van der Waals surface area contributed by atoms with Crippen LogP contribution in [-0.2, 0) is 4.74 Å². The summed E-state index contributed by atoms with van der Waals surface area (Å²) in [6.45, 7) is 0. The maximum absolute atomic E-state index is 11.2. The molecule has 0 radical (unpaired) electrons. The molecule has 0 atom stereocenters. The van der Waals surface area contributed by atoms with Crippen LogP contribution in [-0.4, -0.2) is 18.2 Å². The summed E-state index contributed by atoms with van der Waals surface area (Å²) in [5, 5.41) is 3.57. The van der Waals surface area contributed by atoms with Crippen LogP contribution in [0.3, 0.4) is 0 Å². The number of anilines is 1. The number of methoxy groups -OCH3 is 1. The molecular weight excluding hydrogens is 172 g/mol. The minimum Gasteiger partial charge on any atom is -0.464 e. The zero-order chi connectivity index (χ0) is 9.42. The van der Waals surface area contributed by atoms with E-state index in [1.165, 1.54) is 7.11 Å². The fraction of sp³-hybridized carbons (Fsp3) is 0.500. The number of ether oxygens (including phenoxy) is 1. The lowest BCUT2D eigenvalue weighted by Crippen LogP contribution is -2.05. The van der Waals surface area contributed by atoms with Gasteiger partial charge in [0.15, 0.2) is 5.69 Å². The predicted octanol–water partition coefficient (Wildman–Crippen LogP) is 0.921. The molecule has 0 bridgehead atoms. The number of esters is 1. The Morgan fingerprint density at radius 1 is 1.69 bits per heavy atom. The Bertz CT molecular complexity index is 341. The second-order valence-corrected chi connectivity index (χ2v) is 3.07. The van der Waals surface area contributed by atoms with E-state index in [-0.39, 0.29) is 11.6 Å². The highest BCUT2D eigenvalue weighted by molar-refractivity contribution is 5.90. The maximum atomic E-state index is 11.2. The first kappa shape index (κ1) is 8.10. The van der Waals surface area contributed by atoms with E-state index in [1.807, 2.05) is 0 Å². The Hall–Kier alpha value is -1.52. The molecule has 1 saturated carbocycles. The number of hydrogen-bond acceptors (Lipinski definition) is 5. The summed E-state index contributed by atoms with van der Waals surface area (Å²) in [6, 6.07) is 0. The molecule has 5 nitrogen and oxygen atoms in total. The van der Waals surface area contributed by atoms with E-state index in [9.17, 15) is 4.79 Å². The minimum absolute atomic E-state index is 0.225. The zero-order valence-electron chi connectivity index (χ0n) is 7.24. The first-order valence-electron chi connectivity index (χ1n) is 4.07. The monoisotopic (exact) mass is 182 g/mol. The fourth-order valence-corrected chi connectivity index (χ4v) is 1.32. The SMILES string of the molecule is COC(=O)c1noc(N)c1C1CC1. The van der Waals surface area contributed by atoms with Crippen molar-refractivity contribution < 1.29 is 14.1 Å². The van der Waals surface area contributed by atoms with Gasteiger partial charge in [-0.05, 0) is 18.8 Å². The average molecular weight is 182 g/mol. The van der Waals surface area contributed by atoms with Crippen LogP contribution in [0.4, 0.5) is 5.88 Å². The van der Waals surface area contributed by atoms with Crippen LogP contribution in [0.1, 0.15) is 34.8 Å². The van der Waals surface area contributed by atoms with Crippen molar-refractivity contribution in [2.75, 3.05) is 12.8 Å². The molecule has 0 aliphatic heterocycles. The largest absolute Gasteiger partial charge is 0.464 e. The van der Waals surface area contributed by atoms with Gasteiger partial charge in [-0.3, -0.25) is 0 Å². The molecule has 5 heteroatoms. The number of rotatable bonds is 2. The van der Waals surface area contributed by atoms with Gasteiger partial charge in [-0.2, -0.15) is 0 Å². The molecule has 1 aromatic rings.